The van der Waals surface area contributed by atoms with E-state index >= 15 is 0 Å². The quantitative estimate of drug-likeness (QED) is 0.582. The molecule has 0 aliphatic rings. The molecule has 2 aromatic rings. The second kappa shape index (κ2) is 5.41. The largest absolute Gasteiger partial charge is 0.144 e. The first-order chi connectivity index (χ1) is 8.84. The third-order valence-corrected chi connectivity index (χ3v) is 6.64. The first kappa shape index (κ1) is 14.8. The molecule has 0 aliphatic carbocycles. The summed E-state index contributed by atoms with van der Waals surface area (Å²) in [6.07, 6.45) is 0. The highest BCUT2D eigenvalue weighted by atomic mass is 79.9. The van der Waals surface area contributed by atoms with Gasteiger partial charge in [-0.2, -0.15) is 0 Å². The van der Waals surface area contributed by atoms with Crippen LogP contribution in [0.15, 0.2) is 12.1 Å². The van der Waals surface area contributed by atoms with Gasteiger partial charge in [0.2, 0.25) is 0 Å². The normalized spacial score (nSPS) is 12.8. The zero-order valence-corrected chi connectivity index (χ0v) is 14.9. The Balaban J connectivity index is 2.63. The van der Waals surface area contributed by atoms with Crippen LogP contribution in [0.1, 0.15) is 48.0 Å². The predicted octanol–water partition coefficient (Wildman–Crippen LogP) is 6.08. The lowest BCUT2D eigenvalue weighted by Gasteiger charge is -2.21. The SMILES string of the molecule is Cc1ccc(C(Br)c2c(C)c(C)c(C)c(C)c2C)s1. The van der Waals surface area contributed by atoms with E-state index < -0.39 is 0 Å². The minimum atomic E-state index is 0.309. The number of halogens is 1. The van der Waals surface area contributed by atoms with Gasteiger partial charge >= 0.3 is 0 Å². The lowest BCUT2D eigenvalue weighted by molar-refractivity contribution is 1.07. The van der Waals surface area contributed by atoms with Gasteiger partial charge in [-0.05, 0) is 87.1 Å². The van der Waals surface area contributed by atoms with Gasteiger partial charge in [-0.25, -0.2) is 0 Å². The van der Waals surface area contributed by atoms with Crippen molar-refractivity contribution in [2.45, 2.75) is 46.4 Å². The van der Waals surface area contributed by atoms with Gasteiger partial charge in [0.25, 0.3) is 0 Å². The Labute approximate surface area is 129 Å². The number of rotatable bonds is 2. The van der Waals surface area contributed by atoms with Crippen molar-refractivity contribution in [2.24, 2.45) is 0 Å². The Morgan fingerprint density at radius 3 is 1.68 bits per heavy atom. The van der Waals surface area contributed by atoms with Crippen molar-refractivity contribution in [3.8, 4) is 0 Å². The van der Waals surface area contributed by atoms with Gasteiger partial charge < -0.3 is 0 Å². The fourth-order valence-electron chi connectivity index (χ4n) is 2.64. The van der Waals surface area contributed by atoms with Gasteiger partial charge in [-0.1, -0.05) is 15.9 Å². The smallest absolute Gasteiger partial charge is 0.0743 e. The van der Waals surface area contributed by atoms with Crippen LogP contribution < -0.4 is 0 Å². The molecule has 1 aromatic carbocycles. The monoisotopic (exact) mass is 336 g/mol. The average Bonchev–Trinajstić information content (AvgIpc) is 2.81. The van der Waals surface area contributed by atoms with E-state index in [1.807, 2.05) is 11.3 Å². The topological polar surface area (TPSA) is 0 Å². The van der Waals surface area contributed by atoms with Crippen LogP contribution in [0.2, 0.25) is 0 Å². The summed E-state index contributed by atoms with van der Waals surface area (Å²) in [5.74, 6) is 0. The first-order valence-corrected chi connectivity index (χ1v) is 8.35. The Morgan fingerprint density at radius 2 is 1.26 bits per heavy atom. The Morgan fingerprint density at radius 1 is 0.789 bits per heavy atom. The summed E-state index contributed by atoms with van der Waals surface area (Å²) in [5, 5.41) is 0. The van der Waals surface area contributed by atoms with Gasteiger partial charge in [0.15, 0.2) is 0 Å². The molecule has 2 rings (SSSR count). The van der Waals surface area contributed by atoms with Gasteiger partial charge in [0, 0.05) is 9.75 Å². The van der Waals surface area contributed by atoms with Gasteiger partial charge in [0.05, 0.1) is 4.83 Å². The Kier molecular flexibility index (Phi) is 4.22. The fraction of sp³-hybridized carbons (Fsp3) is 0.412. The van der Waals surface area contributed by atoms with E-state index in [0.29, 0.717) is 4.83 Å². The Bertz CT molecular complexity index is 593. The molecular formula is C17H21BrS. The van der Waals surface area contributed by atoms with E-state index in [1.165, 1.54) is 43.1 Å². The van der Waals surface area contributed by atoms with Crippen molar-refractivity contribution < 1.29 is 0 Å². The van der Waals surface area contributed by atoms with Crippen LogP contribution in [0.3, 0.4) is 0 Å². The summed E-state index contributed by atoms with van der Waals surface area (Å²) < 4.78 is 0. The highest BCUT2D eigenvalue weighted by molar-refractivity contribution is 9.09. The molecule has 0 saturated carbocycles. The maximum absolute atomic E-state index is 3.91. The molecule has 1 aromatic heterocycles. The zero-order valence-electron chi connectivity index (χ0n) is 12.5. The van der Waals surface area contributed by atoms with E-state index in [1.54, 1.807) is 0 Å². The summed E-state index contributed by atoms with van der Waals surface area (Å²) >= 11 is 5.79. The molecule has 2 heteroatoms. The van der Waals surface area contributed by atoms with Crippen molar-refractivity contribution in [1.29, 1.82) is 0 Å². The maximum Gasteiger partial charge on any atom is 0.0743 e. The number of hydrogen-bond donors (Lipinski definition) is 0. The van der Waals surface area contributed by atoms with Crippen molar-refractivity contribution >= 4 is 27.3 Å². The van der Waals surface area contributed by atoms with E-state index in [-0.39, 0.29) is 0 Å². The van der Waals surface area contributed by atoms with Crippen LogP contribution in [0.25, 0.3) is 0 Å². The molecule has 0 amide bonds. The second-order valence-electron chi connectivity index (χ2n) is 5.35. The lowest BCUT2D eigenvalue weighted by Crippen LogP contribution is -2.04. The molecule has 19 heavy (non-hydrogen) atoms. The second-order valence-corrected chi connectivity index (χ2v) is 7.58. The zero-order chi connectivity index (χ0) is 14.3. The maximum atomic E-state index is 3.91. The lowest BCUT2D eigenvalue weighted by atomic mass is 9.88. The third-order valence-electron chi connectivity index (χ3n) is 4.32. The molecule has 102 valence electrons. The fourth-order valence-corrected chi connectivity index (χ4v) is 4.63. The minimum Gasteiger partial charge on any atom is -0.144 e. The predicted molar refractivity (Wildman–Crippen MR) is 90.0 cm³/mol. The summed E-state index contributed by atoms with van der Waals surface area (Å²) in [5.41, 5.74) is 8.58. The number of benzene rings is 1. The summed E-state index contributed by atoms with van der Waals surface area (Å²) in [7, 11) is 0. The molecule has 0 radical (unpaired) electrons. The van der Waals surface area contributed by atoms with E-state index in [2.05, 4.69) is 69.6 Å². The number of aryl methyl sites for hydroxylation is 1. The summed E-state index contributed by atoms with van der Waals surface area (Å²) in [6, 6.07) is 4.44. The standard InChI is InChI=1S/C17H21BrS/c1-9-7-8-15(19-9)17(18)16-13(5)11(3)10(2)12(4)14(16)6/h7-8,17H,1-6H3. The van der Waals surface area contributed by atoms with Crippen molar-refractivity contribution in [3.63, 3.8) is 0 Å². The molecule has 1 unspecified atom stereocenters. The van der Waals surface area contributed by atoms with Crippen LogP contribution in [0.5, 0.6) is 0 Å². The first-order valence-electron chi connectivity index (χ1n) is 6.61. The molecular weight excluding hydrogens is 316 g/mol. The van der Waals surface area contributed by atoms with Crippen molar-refractivity contribution in [3.05, 3.63) is 55.3 Å². The summed E-state index contributed by atoms with van der Waals surface area (Å²) in [6.45, 7) is 13.4. The number of thiophene rings is 1. The molecule has 1 atom stereocenters. The van der Waals surface area contributed by atoms with Crippen LogP contribution in [0, 0.1) is 41.5 Å². The highest BCUT2D eigenvalue weighted by Crippen LogP contribution is 2.40. The molecule has 0 fully saturated rings. The van der Waals surface area contributed by atoms with Crippen LogP contribution >= 0.6 is 27.3 Å². The van der Waals surface area contributed by atoms with Gasteiger partial charge in [-0.3, -0.25) is 0 Å². The molecule has 0 saturated heterocycles. The average molecular weight is 337 g/mol. The molecule has 0 aliphatic heterocycles. The Hall–Kier alpha value is -0.600. The van der Waals surface area contributed by atoms with E-state index in [9.17, 15) is 0 Å². The van der Waals surface area contributed by atoms with E-state index in [4.69, 9.17) is 0 Å². The van der Waals surface area contributed by atoms with E-state index in [0.717, 1.165) is 0 Å². The van der Waals surface area contributed by atoms with Crippen LogP contribution in [0.4, 0.5) is 0 Å². The molecule has 0 spiro atoms. The molecule has 1 heterocycles. The van der Waals surface area contributed by atoms with Crippen LogP contribution in [-0.4, -0.2) is 0 Å². The van der Waals surface area contributed by atoms with Crippen molar-refractivity contribution in [2.75, 3.05) is 0 Å². The van der Waals surface area contributed by atoms with Crippen molar-refractivity contribution in [1.82, 2.24) is 0 Å². The molecule has 0 nitrogen and oxygen atoms in total. The van der Waals surface area contributed by atoms with Gasteiger partial charge in [-0.15, -0.1) is 11.3 Å². The summed E-state index contributed by atoms with van der Waals surface area (Å²) in [4.78, 5) is 3.07. The molecule has 0 N–H and O–H groups in total. The minimum absolute atomic E-state index is 0.309. The highest BCUT2D eigenvalue weighted by Gasteiger charge is 2.20. The van der Waals surface area contributed by atoms with Crippen LogP contribution in [-0.2, 0) is 0 Å². The third kappa shape index (κ3) is 2.53. The number of hydrogen-bond acceptors (Lipinski definition) is 1. The van der Waals surface area contributed by atoms with Gasteiger partial charge in [0.1, 0.15) is 0 Å². The number of alkyl halides is 1. The molecule has 0 bridgehead atoms.